The summed E-state index contributed by atoms with van der Waals surface area (Å²) in [5.41, 5.74) is 2.02. The van der Waals surface area contributed by atoms with Crippen molar-refractivity contribution in [3.05, 3.63) is 99.5 Å². The Morgan fingerprint density at radius 2 is 1.85 bits per heavy atom. The lowest BCUT2D eigenvalue weighted by atomic mass is 10.1. The maximum Gasteiger partial charge on any atom is 0.295 e. The van der Waals surface area contributed by atoms with Crippen LogP contribution in [0, 0.1) is 18.3 Å². The number of hydrogen-bond acceptors (Lipinski definition) is 4. The lowest BCUT2D eigenvalue weighted by Crippen LogP contribution is -2.32. The number of aromatic nitrogens is 1. The summed E-state index contributed by atoms with van der Waals surface area (Å²) in [4.78, 5) is 30.6. The van der Waals surface area contributed by atoms with Crippen LogP contribution in [-0.2, 0) is 6.61 Å². The Bertz CT molecular complexity index is 1080. The van der Waals surface area contributed by atoms with E-state index in [1.165, 1.54) is 12.3 Å². The lowest BCUT2D eigenvalue weighted by molar-refractivity contribution is 0.0861. The van der Waals surface area contributed by atoms with Gasteiger partial charge in [0.1, 0.15) is 18.2 Å². The number of anilines is 1. The number of amides is 1. The molecule has 1 aromatic heterocycles. The summed E-state index contributed by atoms with van der Waals surface area (Å²) < 4.78 is 1.04. The van der Waals surface area contributed by atoms with Crippen molar-refractivity contribution in [2.24, 2.45) is 0 Å². The molecule has 0 saturated carbocycles. The molecule has 1 heterocycles. The molecular weight excluding hydrogens is 342 g/mol. The summed E-state index contributed by atoms with van der Waals surface area (Å²) in [6.45, 7) is 2.16. The standard InChI is InChI=1S/C21H17N3O3/c1-15-7-2-3-9-17(15)14-27-24-12-6-10-18(21(24)26)20(25)23-19-11-5-4-8-16(19)13-22/h2-12H,14H2,1H3,(H,23,25). The summed E-state index contributed by atoms with van der Waals surface area (Å²) in [5, 5.41) is 11.7. The van der Waals surface area contributed by atoms with E-state index >= 15 is 0 Å². The van der Waals surface area contributed by atoms with Gasteiger partial charge in [0.25, 0.3) is 11.5 Å². The van der Waals surface area contributed by atoms with E-state index in [0.717, 1.165) is 15.9 Å². The van der Waals surface area contributed by atoms with E-state index < -0.39 is 11.5 Å². The Hall–Kier alpha value is -3.85. The van der Waals surface area contributed by atoms with E-state index in [1.54, 1.807) is 30.3 Å². The van der Waals surface area contributed by atoms with Crippen molar-refractivity contribution < 1.29 is 9.63 Å². The highest BCUT2D eigenvalue weighted by Gasteiger charge is 2.14. The molecule has 6 nitrogen and oxygen atoms in total. The predicted octanol–water partition coefficient (Wildman–Crippen LogP) is 2.91. The van der Waals surface area contributed by atoms with Gasteiger partial charge in [0, 0.05) is 6.20 Å². The first-order valence-electron chi connectivity index (χ1n) is 8.30. The van der Waals surface area contributed by atoms with Gasteiger partial charge in [-0.05, 0) is 42.3 Å². The number of rotatable bonds is 5. The Morgan fingerprint density at radius 3 is 2.63 bits per heavy atom. The Kier molecular flexibility index (Phi) is 5.33. The molecular formula is C21H17N3O3. The Balaban J connectivity index is 1.80. The number of carbonyl (C=O) groups excluding carboxylic acids is 1. The minimum absolute atomic E-state index is 0.0740. The quantitative estimate of drug-likeness (QED) is 0.759. The first-order valence-corrected chi connectivity index (χ1v) is 8.30. The van der Waals surface area contributed by atoms with Crippen molar-refractivity contribution in [1.82, 2.24) is 4.73 Å². The number of nitrogens with zero attached hydrogens (tertiary/aromatic N) is 2. The van der Waals surface area contributed by atoms with Gasteiger partial charge in [-0.1, -0.05) is 36.4 Å². The number of hydrogen-bond donors (Lipinski definition) is 1. The summed E-state index contributed by atoms with van der Waals surface area (Å²) >= 11 is 0. The van der Waals surface area contributed by atoms with Gasteiger partial charge in [0.2, 0.25) is 0 Å². The highest BCUT2D eigenvalue weighted by atomic mass is 16.7. The second-order valence-corrected chi connectivity index (χ2v) is 5.86. The van der Waals surface area contributed by atoms with Gasteiger partial charge in [-0.25, -0.2) is 0 Å². The first-order chi connectivity index (χ1) is 13.1. The third-order valence-corrected chi connectivity index (χ3v) is 4.08. The van der Waals surface area contributed by atoms with Crippen LogP contribution >= 0.6 is 0 Å². The Labute approximate surface area is 156 Å². The van der Waals surface area contributed by atoms with Gasteiger partial charge in [-0.2, -0.15) is 9.99 Å². The predicted molar refractivity (Wildman–Crippen MR) is 101 cm³/mol. The van der Waals surface area contributed by atoms with Gasteiger partial charge in [0.15, 0.2) is 0 Å². The van der Waals surface area contributed by atoms with Gasteiger partial charge in [-0.3, -0.25) is 9.59 Å². The maximum atomic E-state index is 12.6. The minimum atomic E-state index is -0.600. The molecule has 3 aromatic rings. The first kappa shape index (κ1) is 18.0. The molecule has 1 amide bonds. The van der Waals surface area contributed by atoms with Crippen LogP contribution in [0.3, 0.4) is 0 Å². The summed E-state index contributed by atoms with van der Waals surface area (Å²) in [6, 6.07) is 19.3. The lowest BCUT2D eigenvalue weighted by Gasteiger charge is -2.11. The van der Waals surface area contributed by atoms with E-state index in [9.17, 15) is 9.59 Å². The fraction of sp³-hybridized carbons (Fsp3) is 0.0952. The van der Waals surface area contributed by atoms with Crippen LogP contribution in [0.25, 0.3) is 0 Å². The molecule has 0 aliphatic rings. The molecule has 27 heavy (non-hydrogen) atoms. The summed E-state index contributed by atoms with van der Waals surface area (Å²) in [6.07, 6.45) is 1.46. The van der Waals surface area contributed by atoms with Crippen molar-refractivity contribution in [1.29, 1.82) is 5.26 Å². The van der Waals surface area contributed by atoms with E-state index in [-0.39, 0.29) is 12.2 Å². The van der Waals surface area contributed by atoms with E-state index in [0.29, 0.717) is 11.3 Å². The molecule has 0 unspecified atom stereocenters. The fourth-order valence-electron chi connectivity index (χ4n) is 2.54. The molecule has 134 valence electrons. The van der Waals surface area contributed by atoms with Crippen LogP contribution in [0.4, 0.5) is 5.69 Å². The highest BCUT2D eigenvalue weighted by Crippen LogP contribution is 2.14. The monoisotopic (exact) mass is 359 g/mol. The molecule has 3 rings (SSSR count). The number of pyridine rings is 1. The largest absolute Gasteiger partial charge is 0.406 e. The van der Waals surface area contributed by atoms with Gasteiger partial charge >= 0.3 is 0 Å². The molecule has 0 fully saturated rings. The zero-order valence-electron chi connectivity index (χ0n) is 14.7. The number of benzene rings is 2. The molecule has 0 bridgehead atoms. The highest BCUT2D eigenvalue weighted by molar-refractivity contribution is 6.04. The third kappa shape index (κ3) is 4.05. The smallest absolute Gasteiger partial charge is 0.295 e. The second kappa shape index (κ2) is 8.02. The Morgan fingerprint density at radius 1 is 1.11 bits per heavy atom. The number of nitriles is 1. The topological polar surface area (TPSA) is 84.1 Å². The number of nitrogens with one attached hydrogen (secondary N) is 1. The molecule has 2 aromatic carbocycles. The van der Waals surface area contributed by atoms with Gasteiger partial charge < -0.3 is 10.2 Å². The minimum Gasteiger partial charge on any atom is -0.406 e. The van der Waals surface area contributed by atoms with Crippen molar-refractivity contribution in [3.8, 4) is 6.07 Å². The van der Waals surface area contributed by atoms with Crippen molar-refractivity contribution in [2.45, 2.75) is 13.5 Å². The SMILES string of the molecule is Cc1ccccc1COn1cccc(C(=O)Nc2ccccc2C#N)c1=O. The van der Waals surface area contributed by atoms with Crippen LogP contribution in [0.15, 0.2) is 71.7 Å². The summed E-state index contributed by atoms with van der Waals surface area (Å²) in [7, 11) is 0. The van der Waals surface area contributed by atoms with Crippen molar-refractivity contribution >= 4 is 11.6 Å². The third-order valence-electron chi connectivity index (χ3n) is 4.08. The number of carbonyl (C=O) groups is 1. The average molecular weight is 359 g/mol. The van der Waals surface area contributed by atoms with Crippen LogP contribution in [0.1, 0.15) is 27.0 Å². The van der Waals surface area contributed by atoms with E-state index in [1.807, 2.05) is 37.3 Å². The van der Waals surface area contributed by atoms with E-state index in [4.69, 9.17) is 10.1 Å². The summed E-state index contributed by atoms with van der Waals surface area (Å²) in [5.74, 6) is -0.600. The van der Waals surface area contributed by atoms with Gasteiger partial charge in [0.05, 0.1) is 11.3 Å². The molecule has 0 aliphatic carbocycles. The zero-order chi connectivity index (χ0) is 19.2. The number of aryl methyl sites for hydroxylation is 1. The molecule has 1 N–H and O–H groups in total. The van der Waals surface area contributed by atoms with Crippen molar-refractivity contribution in [3.63, 3.8) is 0 Å². The van der Waals surface area contributed by atoms with E-state index in [2.05, 4.69) is 5.32 Å². The van der Waals surface area contributed by atoms with Crippen LogP contribution in [0.5, 0.6) is 0 Å². The molecule has 0 radical (unpaired) electrons. The normalized spacial score (nSPS) is 10.1. The number of para-hydroxylation sites is 1. The molecule has 0 aliphatic heterocycles. The molecule has 0 saturated heterocycles. The molecule has 0 spiro atoms. The average Bonchev–Trinajstić information content (AvgIpc) is 2.68. The maximum absolute atomic E-state index is 12.6. The van der Waals surface area contributed by atoms with Crippen molar-refractivity contribution in [2.75, 3.05) is 5.32 Å². The molecule has 0 atom stereocenters. The fourth-order valence-corrected chi connectivity index (χ4v) is 2.54. The second-order valence-electron chi connectivity index (χ2n) is 5.86. The van der Waals surface area contributed by atoms with Crippen LogP contribution in [-0.4, -0.2) is 10.6 Å². The van der Waals surface area contributed by atoms with Gasteiger partial charge in [-0.15, -0.1) is 0 Å². The van der Waals surface area contributed by atoms with Crippen LogP contribution in [0.2, 0.25) is 0 Å². The molecule has 6 heteroatoms. The zero-order valence-corrected chi connectivity index (χ0v) is 14.7. The van der Waals surface area contributed by atoms with Crippen LogP contribution < -0.4 is 15.7 Å².